The van der Waals surface area contributed by atoms with Crippen LogP contribution >= 0.6 is 0 Å². The predicted octanol–water partition coefficient (Wildman–Crippen LogP) is 7.51. The van der Waals surface area contributed by atoms with E-state index in [0.29, 0.717) is 12.5 Å². The zero-order chi connectivity index (χ0) is 40.9. The van der Waals surface area contributed by atoms with Crippen LogP contribution in [0.4, 0.5) is 0 Å². The Morgan fingerprint density at radius 3 is 1.81 bits per heavy atom. The van der Waals surface area contributed by atoms with Crippen LogP contribution in [-0.2, 0) is 9.59 Å². The molecule has 59 heavy (non-hydrogen) atoms. The summed E-state index contributed by atoms with van der Waals surface area (Å²) in [5, 5.41) is 6.62. The molecule has 4 N–H and O–H groups in total. The number of nitrogens with one attached hydrogen (secondary N) is 4. The Balaban J connectivity index is 0.929. The molecule has 2 saturated heterocycles. The molecule has 2 aromatic heterocycles. The molecule has 0 aliphatic carbocycles. The van der Waals surface area contributed by atoms with Crippen molar-refractivity contribution in [1.29, 1.82) is 0 Å². The number of likely N-dealkylation sites (N-methyl/N-ethyl adjacent to an activating group) is 1. The highest BCUT2D eigenvalue weighted by atomic mass is 16.2. The number of imidazole rings is 2. The molecule has 5 heterocycles. The summed E-state index contributed by atoms with van der Waals surface area (Å²) >= 11 is 0. The number of guanidine groups is 1. The van der Waals surface area contributed by atoms with E-state index in [2.05, 4.69) is 119 Å². The second-order valence-electron chi connectivity index (χ2n) is 16.3. The topological polar surface area (TPSA) is 138 Å². The molecule has 0 unspecified atom stereocenters. The minimum Gasteiger partial charge on any atom is -0.355 e. The summed E-state index contributed by atoms with van der Waals surface area (Å²) in [6.07, 6.45) is 8.54. The van der Waals surface area contributed by atoms with Gasteiger partial charge in [0.25, 0.3) is 0 Å². The van der Waals surface area contributed by atoms with Gasteiger partial charge in [0, 0.05) is 19.6 Å². The van der Waals surface area contributed by atoms with Gasteiger partial charge in [0.1, 0.15) is 23.7 Å². The summed E-state index contributed by atoms with van der Waals surface area (Å²) in [4.78, 5) is 55.7. The van der Waals surface area contributed by atoms with Crippen molar-refractivity contribution in [1.82, 2.24) is 45.3 Å². The smallest absolute Gasteiger partial charge is 0.246 e. The minimum atomic E-state index is -0.357. The van der Waals surface area contributed by atoms with Crippen LogP contribution in [0.1, 0.15) is 95.1 Å². The maximum absolute atomic E-state index is 14.2. The molecule has 3 aliphatic heterocycles. The molecular formula is C47H58N10O2. The lowest BCUT2D eigenvalue weighted by atomic mass is 9.97. The van der Waals surface area contributed by atoms with Crippen LogP contribution in [-0.4, -0.2) is 97.7 Å². The zero-order valence-electron chi connectivity index (χ0n) is 34.8. The number of hydrogen-bond acceptors (Lipinski definition) is 8. The summed E-state index contributed by atoms with van der Waals surface area (Å²) < 4.78 is 0. The number of aromatic nitrogens is 4. The number of H-pyrrole nitrogens is 2. The molecule has 12 nitrogen and oxygen atoms in total. The van der Waals surface area contributed by atoms with Gasteiger partial charge >= 0.3 is 0 Å². The van der Waals surface area contributed by atoms with Gasteiger partial charge in [-0.2, -0.15) is 0 Å². The number of benzene rings is 3. The highest BCUT2D eigenvalue weighted by Gasteiger charge is 2.39. The quantitative estimate of drug-likeness (QED) is 0.0969. The van der Waals surface area contributed by atoms with Crippen LogP contribution in [0.25, 0.3) is 33.6 Å². The normalized spacial score (nSPS) is 19.2. The fourth-order valence-corrected chi connectivity index (χ4v) is 9.01. The Morgan fingerprint density at radius 1 is 0.729 bits per heavy atom. The van der Waals surface area contributed by atoms with Gasteiger partial charge in [-0.1, -0.05) is 107 Å². The van der Waals surface area contributed by atoms with Crippen LogP contribution in [0.5, 0.6) is 0 Å². The molecule has 3 aromatic carbocycles. The van der Waals surface area contributed by atoms with E-state index in [9.17, 15) is 9.59 Å². The van der Waals surface area contributed by atoms with Crippen LogP contribution in [0.15, 0.2) is 96.2 Å². The number of nitrogens with zero attached hydrogens (tertiary/aromatic N) is 6. The molecule has 8 rings (SSSR count). The van der Waals surface area contributed by atoms with Crippen molar-refractivity contribution in [3.8, 4) is 33.6 Å². The summed E-state index contributed by atoms with van der Waals surface area (Å²) in [7, 11) is 0. The molecule has 5 aromatic rings. The Morgan fingerprint density at radius 2 is 1.27 bits per heavy atom. The maximum Gasteiger partial charge on any atom is 0.246 e. The number of carbonyl (C=O) groups excluding carboxylic acids is 2. The van der Waals surface area contributed by atoms with Gasteiger partial charge in [-0.3, -0.25) is 19.5 Å². The minimum absolute atomic E-state index is 0.0831. The lowest BCUT2D eigenvalue weighted by molar-refractivity contribution is -0.139. The molecule has 12 heteroatoms. The Kier molecular flexibility index (Phi) is 12.2. The third-order valence-corrected chi connectivity index (χ3v) is 12.3. The summed E-state index contributed by atoms with van der Waals surface area (Å²) in [5.74, 6) is 2.73. The van der Waals surface area contributed by atoms with Crippen molar-refractivity contribution in [3.63, 3.8) is 0 Å². The number of carbonyl (C=O) groups is 2. The summed E-state index contributed by atoms with van der Waals surface area (Å²) in [6.45, 7) is 12.9. The summed E-state index contributed by atoms with van der Waals surface area (Å²) in [6, 6.07) is 26.4. The molecule has 0 bridgehead atoms. The van der Waals surface area contributed by atoms with Crippen molar-refractivity contribution in [2.45, 2.75) is 84.0 Å². The second-order valence-corrected chi connectivity index (χ2v) is 16.3. The Bertz CT molecular complexity index is 2210. The zero-order valence-corrected chi connectivity index (χ0v) is 34.8. The van der Waals surface area contributed by atoms with Gasteiger partial charge in [-0.25, -0.2) is 9.97 Å². The SMILES string of the molecule is CCN(CC)[C@@H](C(=O)N1CCC[C@H]1c1ncc(-c2ccc(-c3ccc(-c4cnc([C@@H]5CCCCN5C(=O)[C@H](NC5=NCCN5)C(C)C)[nH]4)cc3)cc2)[nH]1)c1ccccc1. The average molecular weight is 795 g/mol. The predicted molar refractivity (Wildman–Crippen MR) is 233 cm³/mol. The van der Waals surface area contributed by atoms with E-state index >= 15 is 0 Å². The van der Waals surface area contributed by atoms with Crippen LogP contribution in [0.2, 0.25) is 0 Å². The van der Waals surface area contributed by atoms with Gasteiger partial charge in [-0.05, 0) is 78.9 Å². The third-order valence-electron chi connectivity index (χ3n) is 12.3. The first-order valence-electron chi connectivity index (χ1n) is 21.6. The van der Waals surface area contributed by atoms with Gasteiger partial charge in [0.05, 0.1) is 42.4 Å². The first-order chi connectivity index (χ1) is 28.8. The van der Waals surface area contributed by atoms with Gasteiger partial charge in [-0.15, -0.1) is 0 Å². The van der Waals surface area contributed by atoms with Crippen molar-refractivity contribution in [2.24, 2.45) is 10.9 Å². The van der Waals surface area contributed by atoms with Gasteiger partial charge in [0.15, 0.2) is 5.96 Å². The van der Waals surface area contributed by atoms with E-state index in [1.165, 1.54) is 0 Å². The van der Waals surface area contributed by atoms with Gasteiger partial charge in [0.2, 0.25) is 11.8 Å². The first kappa shape index (κ1) is 40.0. The van der Waals surface area contributed by atoms with Crippen LogP contribution in [0.3, 0.4) is 0 Å². The molecule has 4 atom stereocenters. The van der Waals surface area contributed by atoms with Crippen molar-refractivity contribution in [2.75, 3.05) is 39.3 Å². The Hall–Kier alpha value is -5.75. The molecule has 3 aliphatic rings. The molecular weight excluding hydrogens is 737 g/mol. The molecule has 2 fully saturated rings. The molecule has 308 valence electrons. The van der Waals surface area contributed by atoms with Crippen molar-refractivity contribution >= 4 is 17.8 Å². The number of aromatic amines is 2. The van der Waals surface area contributed by atoms with E-state index in [1.807, 2.05) is 40.4 Å². The van der Waals surface area contributed by atoms with E-state index in [-0.39, 0.29) is 41.9 Å². The highest BCUT2D eigenvalue weighted by Crippen LogP contribution is 2.36. The van der Waals surface area contributed by atoms with Crippen LogP contribution in [0, 0.1) is 5.92 Å². The lowest BCUT2D eigenvalue weighted by Crippen LogP contribution is -2.54. The fraction of sp³-hybridized carbons (Fsp3) is 0.426. The largest absolute Gasteiger partial charge is 0.355 e. The number of likely N-dealkylation sites (tertiary alicyclic amines) is 2. The summed E-state index contributed by atoms with van der Waals surface area (Å²) in [5.41, 5.74) is 7.23. The molecule has 0 spiro atoms. The first-order valence-corrected chi connectivity index (χ1v) is 21.6. The van der Waals surface area contributed by atoms with E-state index in [1.54, 1.807) is 0 Å². The lowest BCUT2D eigenvalue weighted by Gasteiger charge is -2.38. The maximum atomic E-state index is 14.2. The average Bonchev–Trinajstić information content (AvgIpc) is 4.13. The van der Waals surface area contributed by atoms with Crippen LogP contribution < -0.4 is 10.6 Å². The van der Waals surface area contributed by atoms with E-state index < -0.39 is 0 Å². The number of hydrogen-bond donors (Lipinski definition) is 4. The fourth-order valence-electron chi connectivity index (χ4n) is 9.01. The Labute approximate surface area is 347 Å². The number of aliphatic imine (C=N–C) groups is 1. The monoisotopic (exact) mass is 794 g/mol. The van der Waals surface area contributed by atoms with Crippen molar-refractivity contribution < 1.29 is 9.59 Å². The molecule has 2 amide bonds. The second kappa shape index (κ2) is 18.0. The van der Waals surface area contributed by atoms with E-state index in [4.69, 9.17) is 9.97 Å². The number of piperidine rings is 1. The molecule has 0 saturated carbocycles. The molecule has 0 radical (unpaired) electrons. The number of amides is 2. The van der Waals surface area contributed by atoms with E-state index in [0.717, 1.165) is 116 Å². The number of rotatable bonds is 13. The van der Waals surface area contributed by atoms with Crippen molar-refractivity contribution in [3.05, 3.63) is 108 Å². The van der Waals surface area contributed by atoms with Gasteiger partial charge < -0.3 is 30.4 Å². The highest BCUT2D eigenvalue weighted by molar-refractivity contribution is 5.90. The third kappa shape index (κ3) is 8.55. The standard InChI is InChI=1S/C47H58N10O2/c1-5-55(6-2)42(36-13-8-7-9-14-36)46(59)57-28-12-16-40(57)44-51-30-38(53-44)35-23-19-33(20-24-35)32-17-21-34(22-18-32)37-29-50-43(52-37)39-15-10-11-27-56(39)45(58)41(31(3)4)54-47-48-25-26-49-47/h7-9,13-14,17-24,29-31,39-42H,5-6,10-12,15-16,25-28H2,1-4H3,(H,50,52)(H,51,53)(H2,48,49,54)/t39-,40-,41+,42+/m0/s1.